The normalized spacial score (nSPS) is 12.4. The molecule has 5 heteroatoms. The first-order valence-corrected chi connectivity index (χ1v) is 8.07. The Morgan fingerprint density at radius 3 is 2.65 bits per heavy atom. The van der Waals surface area contributed by atoms with E-state index in [1.807, 2.05) is 18.3 Å². The molecule has 0 aliphatic heterocycles. The molecule has 20 heavy (non-hydrogen) atoms. The van der Waals surface area contributed by atoms with E-state index in [0.29, 0.717) is 0 Å². The lowest BCUT2D eigenvalue weighted by Gasteiger charge is -2.18. The molecule has 1 aromatic heterocycles. The van der Waals surface area contributed by atoms with Gasteiger partial charge in [-0.3, -0.25) is 16.3 Å². The number of halogens is 2. The fraction of sp³-hybridized carbons (Fsp3) is 0.267. The Morgan fingerprint density at radius 2 is 2.05 bits per heavy atom. The summed E-state index contributed by atoms with van der Waals surface area (Å²) in [5, 5.41) is 0. The maximum atomic E-state index is 5.71. The molecule has 1 atom stereocenters. The van der Waals surface area contributed by atoms with Crippen molar-refractivity contribution in [1.82, 2.24) is 10.4 Å². The molecule has 2 rings (SSSR count). The second kappa shape index (κ2) is 7.31. The zero-order valence-corrected chi connectivity index (χ0v) is 14.4. The Bertz CT molecular complexity index is 570. The first kappa shape index (κ1) is 15.6. The molecule has 0 spiro atoms. The predicted molar refractivity (Wildman–Crippen MR) is 89.2 cm³/mol. The number of hydrogen-bond acceptors (Lipinski definition) is 3. The number of rotatable bonds is 5. The van der Waals surface area contributed by atoms with Crippen molar-refractivity contribution in [3.05, 3.63) is 62.3 Å². The van der Waals surface area contributed by atoms with Crippen molar-refractivity contribution in [2.75, 3.05) is 0 Å². The van der Waals surface area contributed by atoms with Gasteiger partial charge >= 0.3 is 0 Å². The standard InChI is InChI=1S/C15H17Br2N3/c1-2-10-3-5-12(19-9-10)8-15(20-18)13-7-11(16)4-6-14(13)17/h3-7,9,15,20H,2,8,18H2,1H3. The quantitative estimate of drug-likeness (QED) is 0.592. The third kappa shape index (κ3) is 3.88. The highest BCUT2D eigenvalue weighted by Gasteiger charge is 2.15. The van der Waals surface area contributed by atoms with Gasteiger partial charge in [0.25, 0.3) is 0 Å². The lowest BCUT2D eigenvalue weighted by molar-refractivity contribution is 0.543. The first-order valence-electron chi connectivity index (χ1n) is 6.49. The molecule has 3 N–H and O–H groups in total. The van der Waals surface area contributed by atoms with Crippen LogP contribution in [0.1, 0.15) is 29.8 Å². The molecule has 0 amide bonds. The largest absolute Gasteiger partial charge is 0.271 e. The lowest BCUT2D eigenvalue weighted by Crippen LogP contribution is -2.30. The van der Waals surface area contributed by atoms with Crippen LogP contribution >= 0.6 is 31.9 Å². The summed E-state index contributed by atoms with van der Waals surface area (Å²) in [6.07, 6.45) is 3.68. The van der Waals surface area contributed by atoms with Crippen LogP contribution in [0.5, 0.6) is 0 Å². The van der Waals surface area contributed by atoms with Crippen molar-refractivity contribution < 1.29 is 0 Å². The van der Waals surface area contributed by atoms with Gasteiger partial charge in [0, 0.05) is 27.3 Å². The molecule has 0 aliphatic carbocycles. The fourth-order valence-corrected chi connectivity index (χ4v) is 2.94. The minimum absolute atomic E-state index is 0.0156. The number of nitrogens with zero attached hydrogens (tertiary/aromatic N) is 1. The Morgan fingerprint density at radius 1 is 1.25 bits per heavy atom. The molecule has 2 aromatic rings. The number of pyridine rings is 1. The molecule has 0 fully saturated rings. The van der Waals surface area contributed by atoms with Gasteiger partial charge in [-0.2, -0.15) is 0 Å². The Balaban J connectivity index is 2.21. The molecule has 0 saturated heterocycles. The van der Waals surface area contributed by atoms with Crippen LogP contribution in [0.2, 0.25) is 0 Å². The number of aromatic nitrogens is 1. The molecule has 0 saturated carbocycles. The van der Waals surface area contributed by atoms with Gasteiger partial charge in [-0.05, 0) is 41.8 Å². The number of hydrogen-bond donors (Lipinski definition) is 2. The average Bonchev–Trinajstić information content (AvgIpc) is 2.48. The van der Waals surface area contributed by atoms with Crippen LogP contribution in [-0.4, -0.2) is 4.98 Å². The Hall–Kier alpha value is -0.750. The van der Waals surface area contributed by atoms with Crippen LogP contribution in [0.3, 0.4) is 0 Å². The van der Waals surface area contributed by atoms with Crippen LogP contribution in [0, 0.1) is 0 Å². The first-order chi connectivity index (χ1) is 9.63. The van der Waals surface area contributed by atoms with Crippen LogP contribution in [-0.2, 0) is 12.8 Å². The van der Waals surface area contributed by atoms with E-state index in [-0.39, 0.29) is 6.04 Å². The van der Waals surface area contributed by atoms with Gasteiger partial charge in [0.2, 0.25) is 0 Å². The molecule has 0 aliphatic rings. The summed E-state index contributed by atoms with van der Waals surface area (Å²) in [5.41, 5.74) is 6.26. The third-order valence-corrected chi connectivity index (χ3v) is 4.46. The smallest absolute Gasteiger partial charge is 0.0526 e. The second-order valence-corrected chi connectivity index (χ2v) is 6.37. The van der Waals surface area contributed by atoms with E-state index in [0.717, 1.165) is 33.0 Å². The number of nitrogens with two attached hydrogens (primary N) is 1. The SMILES string of the molecule is CCc1ccc(CC(NN)c2cc(Br)ccc2Br)nc1. The summed E-state index contributed by atoms with van der Waals surface area (Å²) in [6.45, 7) is 2.12. The molecule has 3 nitrogen and oxygen atoms in total. The van der Waals surface area contributed by atoms with Crippen molar-refractivity contribution in [1.29, 1.82) is 0 Å². The van der Waals surface area contributed by atoms with Gasteiger partial charge in [-0.1, -0.05) is 44.8 Å². The Kier molecular flexibility index (Phi) is 5.72. The summed E-state index contributed by atoms with van der Waals surface area (Å²) >= 11 is 7.06. The van der Waals surface area contributed by atoms with Crippen LogP contribution in [0.15, 0.2) is 45.5 Å². The zero-order chi connectivity index (χ0) is 14.5. The molecule has 1 aromatic carbocycles. The molecule has 0 radical (unpaired) electrons. The van der Waals surface area contributed by atoms with Gasteiger partial charge in [-0.25, -0.2) is 0 Å². The molecule has 0 bridgehead atoms. The van der Waals surface area contributed by atoms with Gasteiger partial charge in [0.05, 0.1) is 6.04 Å². The molecular formula is C15H17Br2N3. The Labute approximate surface area is 136 Å². The molecular weight excluding hydrogens is 382 g/mol. The van der Waals surface area contributed by atoms with Crippen LogP contribution < -0.4 is 11.3 Å². The minimum Gasteiger partial charge on any atom is -0.271 e. The summed E-state index contributed by atoms with van der Waals surface area (Å²) in [5.74, 6) is 5.71. The van der Waals surface area contributed by atoms with E-state index in [4.69, 9.17) is 5.84 Å². The van der Waals surface area contributed by atoms with Gasteiger partial charge < -0.3 is 0 Å². The lowest BCUT2D eigenvalue weighted by atomic mass is 10.0. The molecule has 106 valence electrons. The minimum atomic E-state index is 0.0156. The van der Waals surface area contributed by atoms with Gasteiger partial charge in [-0.15, -0.1) is 0 Å². The molecule has 1 unspecified atom stereocenters. The predicted octanol–water partition coefficient (Wildman–Crippen LogP) is 3.92. The molecule has 1 heterocycles. The number of aryl methyl sites for hydroxylation is 1. The summed E-state index contributed by atoms with van der Waals surface area (Å²) in [4.78, 5) is 4.49. The van der Waals surface area contributed by atoms with Crippen LogP contribution in [0.4, 0.5) is 0 Å². The number of nitrogens with one attached hydrogen (secondary N) is 1. The zero-order valence-electron chi connectivity index (χ0n) is 11.2. The average molecular weight is 399 g/mol. The van der Waals surface area contributed by atoms with E-state index >= 15 is 0 Å². The highest BCUT2D eigenvalue weighted by molar-refractivity contribution is 9.11. The maximum absolute atomic E-state index is 5.71. The fourth-order valence-electron chi connectivity index (χ4n) is 2.03. The van der Waals surface area contributed by atoms with E-state index in [1.165, 1.54) is 5.56 Å². The van der Waals surface area contributed by atoms with Crippen molar-refractivity contribution in [3.63, 3.8) is 0 Å². The number of hydrazine groups is 1. The van der Waals surface area contributed by atoms with E-state index in [2.05, 4.69) is 67.4 Å². The second-order valence-electron chi connectivity index (χ2n) is 4.60. The van der Waals surface area contributed by atoms with Crippen molar-refractivity contribution in [2.24, 2.45) is 5.84 Å². The highest BCUT2D eigenvalue weighted by atomic mass is 79.9. The van der Waals surface area contributed by atoms with E-state index in [9.17, 15) is 0 Å². The summed E-state index contributed by atoms with van der Waals surface area (Å²) < 4.78 is 2.07. The van der Waals surface area contributed by atoms with Crippen LogP contribution in [0.25, 0.3) is 0 Å². The van der Waals surface area contributed by atoms with Crippen molar-refractivity contribution in [3.8, 4) is 0 Å². The summed E-state index contributed by atoms with van der Waals surface area (Å²) in [7, 11) is 0. The van der Waals surface area contributed by atoms with Crippen molar-refractivity contribution in [2.45, 2.75) is 25.8 Å². The van der Waals surface area contributed by atoms with E-state index < -0.39 is 0 Å². The van der Waals surface area contributed by atoms with Gasteiger partial charge in [0.15, 0.2) is 0 Å². The highest BCUT2D eigenvalue weighted by Crippen LogP contribution is 2.28. The number of benzene rings is 1. The monoisotopic (exact) mass is 397 g/mol. The van der Waals surface area contributed by atoms with Crippen molar-refractivity contribution >= 4 is 31.9 Å². The third-order valence-electron chi connectivity index (χ3n) is 3.24. The summed E-state index contributed by atoms with van der Waals surface area (Å²) in [6, 6.07) is 10.3. The maximum Gasteiger partial charge on any atom is 0.0526 e. The van der Waals surface area contributed by atoms with E-state index in [1.54, 1.807) is 0 Å². The van der Waals surface area contributed by atoms with Gasteiger partial charge in [0.1, 0.15) is 0 Å². The topological polar surface area (TPSA) is 50.9 Å².